The summed E-state index contributed by atoms with van der Waals surface area (Å²) in [7, 11) is 0. The molecule has 6 heteroatoms. The van der Waals surface area contributed by atoms with E-state index in [0.717, 1.165) is 22.4 Å². The van der Waals surface area contributed by atoms with Gasteiger partial charge in [0.2, 0.25) is 11.8 Å². The van der Waals surface area contributed by atoms with Crippen LogP contribution in [0.2, 0.25) is 5.02 Å². The van der Waals surface area contributed by atoms with Crippen LogP contribution in [0.25, 0.3) is 11.5 Å². The summed E-state index contributed by atoms with van der Waals surface area (Å²) in [5, 5.41) is 12.4. The van der Waals surface area contributed by atoms with Crippen LogP contribution in [-0.4, -0.2) is 10.2 Å². The van der Waals surface area contributed by atoms with Crippen LogP contribution < -0.4 is 5.32 Å². The van der Waals surface area contributed by atoms with Crippen molar-refractivity contribution in [3.63, 3.8) is 0 Å². The van der Waals surface area contributed by atoms with Crippen molar-refractivity contribution < 1.29 is 8.81 Å². The lowest BCUT2D eigenvalue weighted by molar-refractivity contribution is 0.493. The molecule has 0 unspecified atom stereocenters. The minimum atomic E-state index is -0.456. The normalized spacial score (nSPS) is 12.0. The number of rotatable bonds is 5. The van der Waals surface area contributed by atoms with Crippen molar-refractivity contribution >= 4 is 17.3 Å². The maximum atomic E-state index is 13.4. The Kier molecular flexibility index (Phi) is 5.08. The summed E-state index contributed by atoms with van der Waals surface area (Å²) in [6, 6.07) is 20.9. The molecular weight excluding hydrogens is 377 g/mol. The highest BCUT2D eigenvalue weighted by Crippen LogP contribution is 2.31. The van der Waals surface area contributed by atoms with Gasteiger partial charge >= 0.3 is 0 Å². The first-order chi connectivity index (χ1) is 13.6. The average Bonchev–Trinajstić information content (AvgIpc) is 3.20. The summed E-state index contributed by atoms with van der Waals surface area (Å²) >= 11 is 6.16. The second-order valence-electron chi connectivity index (χ2n) is 6.40. The fourth-order valence-corrected chi connectivity index (χ4v) is 3.07. The largest absolute Gasteiger partial charge is 0.418 e. The monoisotopic (exact) mass is 393 g/mol. The molecule has 1 heterocycles. The van der Waals surface area contributed by atoms with E-state index >= 15 is 0 Å². The smallest absolute Gasteiger partial charge is 0.247 e. The molecule has 0 aliphatic rings. The number of aryl methyl sites for hydroxylation is 1. The Morgan fingerprint density at radius 1 is 0.964 bits per heavy atom. The molecule has 4 nitrogen and oxygen atoms in total. The van der Waals surface area contributed by atoms with Crippen molar-refractivity contribution in [1.82, 2.24) is 10.2 Å². The molecule has 0 saturated carbocycles. The summed E-state index contributed by atoms with van der Waals surface area (Å²) < 4.78 is 19.4. The van der Waals surface area contributed by atoms with E-state index in [1.807, 2.05) is 55.5 Å². The molecule has 0 bridgehead atoms. The van der Waals surface area contributed by atoms with Gasteiger partial charge in [0.25, 0.3) is 0 Å². The number of halogens is 2. The first-order valence-corrected chi connectivity index (χ1v) is 9.15. The number of benzene rings is 3. The molecule has 0 saturated heterocycles. The summed E-state index contributed by atoms with van der Waals surface area (Å²) in [4.78, 5) is 0. The summed E-state index contributed by atoms with van der Waals surface area (Å²) in [6.07, 6.45) is 0. The maximum absolute atomic E-state index is 13.4. The summed E-state index contributed by atoms with van der Waals surface area (Å²) in [5.74, 6) is 0.495. The fourth-order valence-electron chi connectivity index (χ4n) is 2.90. The molecule has 1 aromatic heterocycles. The van der Waals surface area contributed by atoms with Crippen LogP contribution in [-0.2, 0) is 0 Å². The molecule has 28 heavy (non-hydrogen) atoms. The quantitative estimate of drug-likeness (QED) is 0.449. The summed E-state index contributed by atoms with van der Waals surface area (Å²) in [6.45, 7) is 1.98. The Morgan fingerprint density at radius 3 is 2.46 bits per heavy atom. The predicted molar refractivity (Wildman–Crippen MR) is 108 cm³/mol. The van der Waals surface area contributed by atoms with Crippen LogP contribution in [0.1, 0.15) is 23.1 Å². The first kappa shape index (κ1) is 18.2. The highest BCUT2D eigenvalue weighted by molar-refractivity contribution is 6.30. The van der Waals surface area contributed by atoms with Crippen LogP contribution in [0.3, 0.4) is 0 Å². The zero-order valence-corrected chi connectivity index (χ0v) is 15.8. The molecule has 140 valence electrons. The lowest BCUT2D eigenvalue weighted by Crippen LogP contribution is -2.13. The molecule has 4 rings (SSSR count). The molecular formula is C22H17ClFN3O. The molecule has 1 N–H and O–H groups in total. The van der Waals surface area contributed by atoms with Crippen molar-refractivity contribution in [2.45, 2.75) is 13.0 Å². The Balaban J connectivity index is 1.74. The van der Waals surface area contributed by atoms with Gasteiger partial charge in [-0.15, -0.1) is 10.2 Å². The van der Waals surface area contributed by atoms with E-state index in [-0.39, 0.29) is 5.82 Å². The lowest BCUT2D eigenvalue weighted by atomic mass is 10.1. The molecule has 0 fully saturated rings. The molecule has 0 radical (unpaired) electrons. The van der Waals surface area contributed by atoms with Crippen molar-refractivity contribution in [3.05, 3.63) is 101 Å². The zero-order valence-electron chi connectivity index (χ0n) is 15.1. The van der Waals surface area contributed by atoms with Crippen LogP contribution >= 0.6 is 11.6 Å². The predicted octanol–water partition coefficient (Wildman–Crippen LogP) is 6.04. The van der Waals surface area contributed by atoms with Gasteiger partial charge in [-0.2, -0.15) is 0 Å². The molecule has 0 aliphatic carbocycles. The number of aromatic nitrogens is 2. The van der Waals surface area contributed by atoms with Gasteiger partial charge in [0, 0.05) is 16.3 Å². The van der Waals surface area contributed by atoms with Gasteiger partial charge in [0.05, 0.1) is 0 Å². The van der Waals surface area contributed by atoms with Gasteiger partial charge in [-0.25, -0.2) is 4.39 Å². The number of nitrogens with one attached hydrogen (secondary N) is 1. The van der Waals surface area contributed by atoms with Crippen LogP contribution in [0.4, 0.5) is 10.1 Å². The standard InChI is InChI=1S/C22H17ClFN3O/c1-14-7-10-17(23)13-19(14)25-20(15-8-11-18(24)12-9-15)22-27-26-21(28-22)16-5-3-2-4-6-16/h2-13,20,25H,1H3/t20-/m0/s1. The van der Waals surface area contributed by atoms with Gasteiger partial charge in [-0.1, -0.05) is 48.0 Å². The van der Waals surface area contributed by atoms with Gasteiger partial charge in [-0.05, 0) is 54.4 Å². The van der Waals surface area contributed by atoms with E-state index in [9.17, 15) is 4.39 Å². The van der Waals surface area contributed by atoms with Gasteiger partial charge in [0.15, 0.2) is 0 Å². The second-order valence-corrected chi connectivity index (χ2v) is 6.84. The van der Waals surface area contributed by atoms with Crippen LogP contribution in [0.15, 0.2) is 77.2 Å². The SMILES string of the molecule is Cc1ccc(Cl)cc1N[C@@H](c1ccc(F)cc1)c1nnc(-c2ccccc2)o1. The Labute approximate surface area is 167 Å². The molecule has 0 aliphatic heterocycles. The van der Waals surface area contributed by atoms with E-state index in [1.54, 1.807) is 12.1 Å². The highest BCUT2D eigenvalue weighted by atomic mass is 35.5. The van der Waals surface area contributed by atoms with E-state index in [4.69, 9.17) is 16.0 Å². The van der Waals surface area contributed by atoms with Crippen molar-refractivity contribution in [1.29, 1.82) is 0 Å². The molecule has 0 amide bonds. The minimum absolute atomic E-state index is 0.308. The van der Waals surface area contributed by atoms with Crippen LogP contribution in [0.5, 0.6) is 0 Å². The number of hydrogen-bond acceptors (Lipinski definition) is 4. The van der Waals surface area contributed by atoms with Crippen molar-refractivity contribution in [2.75, 3.05) is 5.32 Å². The molecule has 4 aromatic rings. The summed E-state index contributed by atoms with van der Waals surface area (Å²) in [5.41, 5.74) is 3.47. The topological polar surface area (TPSA) is 51.0 Å². The molecule has 0 spiro atoms. The maximum Gasteiger partial charge on any atom is 0.247 e. The third kappa shape index (κ3) is 3.89. The van der Waals surface area contributed by atoms with E-state index in [2.05, 4.69) is 15.5 Å². The number of hydrogen-bond donors (Lipinski definition) is 1. The van der Waals surface area contributed by atoms with Gasteiger partial charge in [0.1, 0.15) is 11.9 Å². The Hall–Kier alpha value is -3.18. The van der Waals surface area contributed by atoms with Crippen LogP contribution in [0, 0.1) is 12.7 Å². The number of anilines is 1. The Morgan fingerprint density at radius 2 is 1.71 bits per heavy atom. The molecule has 1 atom stereocenters. The van der Waals surface area contributed by atoms with Gasteiger partial charge in [-0.3, -0.25) is 0 Å². The van der Waals surface area contributed by atoms with Crippen molar-refractivity contribution in [3.8, 4) is 11.5 Å². The fraction of sp³-hybridized carbons (Fsp3) is 0.0909. The van der Waals surface area contributed by atoms with E-state index in [1.165, 1.54) is 12.1 Å². The number of nitrogens with zero attached hydrogens (tertiary/aromatic N) is 2. The van der Waals surface area contributed by atoms with Gasteiger partial charge < -0.3 is 9.73 Å². The van der Waals surface area contributed by atoms with Crippen molar-refractivity contribution in [2.24, 2.45) is 0 Å². The first-order valence-electron chi connectivity index (χ1n) is 8.77. The lowest BCUT2D eigenvalue weighted by Gasteiger charge is -2.19. The second kappa shape index (κ2) is 7.82. The molecule has 3 aromatic carbocycles. The minimum Gasteiger partial charge on any atom is -0.418 e. The third-order valence-corrected chi connectivity index (χ3v) is 4.65. The highest BCUT2D eigenvalue weighted by Gasteiger charge is 2.22. The Bertz CT molecular complexity index is 1080. The zero-order chi connectivity index (χ0) is 19.5. The average molecular weight is 394 g/mol. The van der Waals surface area contributed by atoms with E-state index in [0.29, 0.717) is 16.8 Å². The van der Waals surface area contributed by atoms with E-state index < -0.39 is 6.04 Å². The third-order valence-electron chi connectivity index (χ3n) is 4.41.